The van der Waals surface area contributed by atoms with Crippen molar-refractivity contribution in [2.24, 2.45) is 0 Å². The molecule has 0 saturated carbocycles. The zero-order valence-electron chi connectivity index (χ0n) is 12.2. The highest BCUT2D eigenvalue weighted by atomic mass is 19.4. The molecule has 0 aromatic heterocycles. The van der Waals surface area contributed by atoms with Crippen LogP contribution < -0.4 is 5.32 Å². The van der Waals surface area contributed by atoms with Gasteiger partial charge in [-0.25, -0.2) is 4.79 Å². The number of benzene rings is 1. The molecular formula is C15H15F3N2O3. The van der Waals surface area contributed by atoms with Crippen LogP contribution in [0.15, 0.2) is 24.3 Å². The molecule has 2 fully saturated rings. The number of carbonyl (C=O) groups excluding carboxylic acids is 2. The Hall–Kier alpha value is -2.25. The summed E-state index contributed by atoms with van der Waals surface area (Å²) in [5, 5.41) is 2.60. The number of nitrogens with zero attached hydrogens (tertiary/aromatic N) is 1. The third-order valence-electron chi connectivity index (χ3n) is 4.29. The Labute approximate surface area is 130 Å². The van der Waals surface area contributed by atoms with Crippen molar-refractivity contribution >= 4 is 12.0 Å². The van der Waals surface area contributed by atoms with Gasteiger partial charge in [-0.3, -0.25) is 4.79 Å². The number of amides is 2. The Morgan fingerprint density at radius 2 is 1.78 bits per heavy atom. The fourth-order valence-corrected chi connectivity index (χ4v) is 2.88. The summed E-state index contributed by atoms with van der Waals surface area (Å²) in [4.78, 5) is 25.1. The van der Waals surface area contributed by atoms with E-state index in [1.807, 2.05) is 0 Å². The number of hydrogen-bond acceptors (Lipinski definition) is 3. The molecule has 23 heavy (non-hydrogen) atoms. The van der Waals surface area contributed by atoms with Crippen LogP contribution in [-0.2, 0) is 10.9 Å². The Morgan fingerprint density at radius 1 is 1.17 bits per heavy atom. The number of hydrogen-bond donors (Lipinski definition) is 1. The van der Waals surface area contributed by atoms with Crippen LogP contribution in [0.1, 0.15) is 28.8 Å². The van der Waals surface area contributed by atoms with E-state index < -0.39 is 23.4 Å². The van der Waals surface area contributed by atoms with Crippen molar-refractivity contribution in [3.05, 3.63) is 35.4 Å². The Morgan fingerprint density at radius 3 is 2.26 bits per heavy atom. The van der Waals surface area contributed by atoms with E-state index in [1.54, 1.807) is 4.90 Å². The number of rotatable bonds is 1. The summed E-state index contributed by atoms with van der Waals surface area (Å²) in [6.45, 7) is 1.22. The SMILES string of the molecule is O=C1NCC2(CCN(C(=O)c3ccc(C(F)(F)F)cc3)CC2)O1. The quantitative estimate of drug-likeness (QED) is 0.861. The van der Waals surface area contributed by atoms with Crippen molar-refractivity contribution in [1.82, 2.24) is 10.2 Å². The van der Waals surface area contributed by atoms with Gasteiger partial charge in [-0.15, -0.1) is 0 Å². The lowest BCUT2D eigenvalue weighted by atomic mass is 9.91. The van der Waals surface area contributed by atoms with Crippen LogP contribution in [0.4, 0.5) is 18.0 Å². The molecule has 3 rings (SSSR count). The van der Waals surface area contributed by atoms with Gasteiger partial charge in [0.2, 0.25) is 0 Å². The molecule has 0 radical (unpaired) electrons. The number of halogens is 3. The van der Waals surface area contributed by atoms with E-state index in [2.05, 4.69) is 5.32 Å². The lowest BCUT2D eigenvalue weighted by Gasteiger charge is -2.37. The predicted octanol–water partition coefficient (Wildman–Crippen LogP) is 2.42. The Kier molecular flexibility index (Phi) is 3.69. The van der Waals surface area contributed by atoms with E-state index >= 15 is 0 Å². The number of ether oxygens (including phenoxy) is 1. The third-order valence-corrected chi connectivity index (χ3v) is 4.29. The lowest BCUT2D eigenvalue weighted by Crippen LogP contribution is -2.48. The largest absolute Gasteiger partial charge is 0.441 e. The highest BCUT2D eigenvalue weighted by molar-refractivity contribution is 5.94. The minimum atomic E-state index is -4.42. The van der Waals surface area contributed by atoms with Gasteiger partial charge in [0.1, 0.15) is 5.60 Å². The summed E-state index contributed by atoms with van der Waals surface area (Å²) < 4.78 is 42.9. The van der Waals surface area contributed by atoms with E-state index in [1.165, 1.54) is 12.1 Å². The van der Waals surface area contributed by atoms with Gasteiger partial charge in [-0.1, -0.05) is 0 Å². The zero-order chi connectivity index (χ0) is 16.7. The maximum Gasteiger partial charge on any atom is 0.416 e. The number of piperidine rings is 1. The molecule has 0 bridgehead atoms. The second kappa shape index (κ2) is 5.43. The van der Waals surface area contributed by atoms with E-state index in [4.69, 9.17) is 4.74 Å². The first-order valence-corrected chi connectivity index (χ1v) is 7.23. The lowest BCUT2D eigenvalue weighted by molar-refractivity contribution is -0.137. The van der Waals surface area contributed by atoms with Gasteiger partial charge in [0.05, 0.1) is 12.1 Å². The molecule has 1 N–H and O–H groups in total. The summed E-state index contributed by atoms with van der Waals surface area (Å²) >= 11 is 0. The number of likely N-dealkylation sites (tertiary alicyclic amines) is 1. The van der Waals surface area contributed by atoms with Crippen molar-refractivity contribution in [3.63, 3.8) is 0 Å². The monoisotopic (exact) mass is 328 g/mol. The fourth-order valence-electron chi connectivity index (χ4n) is 2.88. The van der Waals surface area contributed by atoms with Gasteiger partial charge in [0.25, 0.3) is 5.91 Å². The van der Waals surface area contributed by atoms with E-state index in [0.717, 1.165) is 12.1 Å². The standard InChI is InChI=1S/C15H15F3N2O3/c16-15(17,18)11-3-1-10(2-4-11)12(21)20-7-5-14(6-8-20)9-19-13(22)23-14/h1-4H,5-9H2,(H,19,22). The van der Waals surface area contributed by atoms with Gasteiger partial charge in [-0.2, -0.15) is 13.2 Å². The van der Waals surface area contributed by atoms with Crippen LogP contribution in [0.2, 0.25) is 0 Å². The normalized spacial score (nSPS) is 20.3. The number of alkyl halides is 3. The molecule has 5 nitrogen and oxygen atoms in total. The van der Waals surface area contributed by atoms with E-state index in [9.17, 15) is 22.8 Å². The van der Waals surface area contributed by atoms with Crippen LogP contribution in [0.3, 0.4) is 0 Å². The predicted molar refractivity (Wildman–Crippen MR) is 73.8 cm³/mol. The molecular weight excluding hydrogens is 313 g/mol. The Bertz CT molecular complexity index is 620. The van der Waals surface area contributed by atoms with Crippen molar-refractivity contribution in [1.29, 1.82) is 0 Å². The van der Waals surface area contributed by atoms with Crippen molar-refractivity contribution in [2.75, 3.05) is 19.6 Å². The van der Waals surface area contributed by atoms with Crippen LogP contribution in [0, 0.1) is 0 Å². The molecule has 0 atom stereocenters. The smallest absolute Gasteiger partial charge is 0.416 e. The highest BCUT2D eigenvalue weighted by Crippen LogP contribution is 2.31. The molecule has 8 heteroatoms. The topological polar surface area (TPSA) is 58.6 Å². The zero-order valence-corrected chi connectivity index (χ0v) is 12.2. The molecule has 0 aliphatic carbocycles. The molecule has 1 spiro atoms. The number of carbonyl (C=O) groups is 2. The highest BCUT2D eigenvalue weighted by Gasteiger charge is 2.43. The summed E-state index contributed by atoms with van der Waals surface area (Å²) in [7, 11) is 0. The van der Waals surface area contributed by atoms with Gasteiger partial charge in [0.15, 0.2) is 0 Å². The van der Waals surface area contributed by atoms with Crippen molar-refractivity contribution in [2.45, 2.75) is 24.6 Å². The maximum atomic E-state index is 12.5. The number of nitrogens with one attached hydrogen (secondary N) is 1. The van der Waals surface area contributed by atoms with Gasteiger partial charge in [-0.05, 0) is 24.3 Å². The molecule has 2 amide bonds. The molecule has 1 aromatic carbocycles. The van der Waals surface area contributed by atoms with Gasteiger partial charge >= 0.3 is 12.3 Å². The average molecular weight is 328 g/mol. The fraction of sp³-hybridized carbons (Fsp3) is 0.467. The third kappa shape index (κ3) is 3.11. The van der Waals surface area contributed by atoms with Crippen LogP contribution >= 0.6 is 0 Å². The average Bonchev–Trinajstić information content (AvgIpc) is 2.87. The molecule has 2 heterocycles. The minimum Gasteiger partial charge on any atom is -0.441 e. The van der Waals surface area contributed by atoms with Gasteiger partial charge < -0.3 is 15.0 Å². The molecule has 2 aliphatic heterocycles. The second-order valence-corrected chi connectivity index (χ2v) is 5.79. The van der Waals surface area contributed by atoms with Crippen LogP contribution in [0.5, 0.6) is 0 Å². The first kappa shape index (κ1) is 15.6. The van der Waals surface area contributed by atoms with Gasteiger partial charge in [0, 0.05) is 31.5 Å². The van der Waals surface area contributed by atoms with Crippen LogP contribution in [0.25, 0.3) is 0 Å². The first-order chi connectivity index (χ1) is 10.8. The maximum absolute atomic E-state index is 12.5. The molecule has 1 aromatic rings. The van der Waals surface area contributed by atoms with Crippen molar-refractivity contribution < 1.29 is 27.5 Å². The summed E-state index contributed by atoms with van der Waals surface area (Å²) in [6, 6.07) is 4.18. The molecule has 2 saturated heterocycles. The van der Waals surface area contributed by atoms with Crippen molar-refractivity contribution in [3.8, 4) is 0 Å². The Balaban J connectivity index is 1.64. The summed E-state index contributed by atoms with van der Waals surface area (Å²) in [5.74, 6) is -0.314. The molecule has 2 aliphatic rings. The summed E-state index contributed by atoms with van der Waals surface area (Å²) in [6.07, 6.45) is -3.85. The van der Waals surface area contributed by atoms with E-state index in [-0.39, 0.29) is 11.5 Å². The van der Waals surface area contributed by atoms with E-state index in [0.29, 0.717) is 32.5 Å². The number of alkyl carbamates (subject to hydrolysis) is 1. The molecule has 124 valence electrons. The first-order valence-electron chi connectivity index (χ1n) is 7.23. The molecule has 0 unspecified atom stereocenters. The second-order valence-electron chi connectivity index (χ2n) is 5.79. The van der Waals surface area contributed by atoms with Crippen LogP contribution in [-0.4, -0.2) is 42.1 Å². The summed E-state index contributed by atoms with van der Waals surface area (Å²) in [5.41, 5.74) is -1.13. The minimum absolute atomic E-state index is 0.218.